The lowest BCUT2D eigenvalue weighted by atomic mass is 10.2. The molecule has 2 aromatic heterocycles. The van der Waals surface area contributed by atoms with Crippen LogP contribution in [0.3, 0.4) is 0 Å². The summed E-state index contributed by atoms with van der Waals surface area (Å²) in [6.45, 7) is 0.431. The molecule has 90 valence electrons. The summed E-state index contributed by atoms with van der Waals surface area (Å²) in [5.41, 5.74) is 0.755. The normalized spacial score (nSPS) is 10.9. The van der Waals surface area contributed by atoms with E-state index in [1.54, 1.807) is 17.4 Å². The zero-order chi connectivity index (χ0) is 12.8. The Morgan fingerprint density at radius 2 is 2.44 bits per heavy atom. The number of nitriles is 1. The van der Waals surface area contributed by atoms with Crippen molar-refractivity contribution in [3.63, 3.8) is 0 Å². The van der Waals surface area contributed by atoms with Crippen LogP contribution in [-0.4, -0.2) is 5.91 Å². The number of amides is 1. The Labute approximate surface area is 108 Å². The first-order chi connectivity index (χ1) is 8.79. The molecule has 0 aliphatic carbocycles. The number of thiophene rings is 1. The maximum absolute atomic E-state index is 11.8. The molecule has 0 aliphatic rings. The maximum Gasteiger partial charge on any atom is 0.262 e. The standard InChI is InChI=1S/C13H10N2O2S/c14-7-11(6-10-3-4-17-9-10)13(16)15-8-12-2-1-5-18-12/h1-6,9H,8H2,(H,15,16)/b11-6+. The van der Waals surface area contributed by atoms with Gasteiger partial charge in [-0.2, -0.15) is 5.26 Å². The second-order valence-corrected chi connectivity index (χ2v) is 4.52. The van der Waals surface area contributed by atoms with Gasteiger partial charge in [0, 0.05) is 10.4 Å². The summed E-state index contributed by atoms with van der Waals surface area (Å²) < 4.78 is 4.87. The molecule has 4 nitrogen and oxygen atoms in total. The molecule has 0 fully saturated rings. The zero-order valence-electron chi connectivity index (χ0n) is 9.42. The van der Waals surface area contributed by atoms with Crippen LogP contribution in [0, 0.1) is 11.3 Å². The van der Waals surface area contributed by atoms with Crippen molar-refractivity contribution < 1.29 is 9.21 Å². The van der Waals surface area contributed by atoms with Crippen molar-refractivity contribution in [1.29, 1.82) is 5.26 Å². The maximum atomic E-state index is 11.8. The molecule has 2 rings (SSSR count). The van der Waals surface area contributed by atoms with Crippen LogP contribution in [-0.2, 0) is 11.3 Å². The quantitative estimate of drug-likeness (QED) is 0.677. The first kappa shape index (κ1) is 12.1. The minimum Gasteiger partial charge on any atom is -0.472 e. The van der Waals surface area contributed by atoms with Gasteiger partial charge < -0.3 is 9.73 Å². The molecule has 0 saturated carbocycles. The average Bonchev–Trinajstić information content (AvgIpc) is 3.06. The summed E-state index contributed by atoms with van der Waals surface area (Å²) >= 11 is 1.56. The third-order valence-electron chi connectivity index (χ3n) is 2.22. The Bertz CT molecular complexity index is 577. The molecule has 0 aromatic carbocycles. The first-order valence-electron chi connectivity index (χ1n) is 5.24. The van der Waals surface area contributed by atoms with Gasteiger partial charge in [-0.3, -0.25) is 4.79 Å². The first-order valence-corrected chi connectivity index (χ1v) is 6.12. The lowest BCUT2D eigenvalue weighted by Gasteiger charge is -2.01. The van der Waals surface area contributed by atoms with Crippen molar-refractivity contribution in [2.75, 3.05) is 0 Å². The number of carbonyl (C=O) groups excluding carboxylic acids is 1. The number of hydrogen-bond donors (Lipinski definition) is 1. The van der Waals surface area contributed by atoms with Gasteiger partial charge in [-0.15, -0.1) is 11.3 Å². The van der Waals surface area contributed by atoms with Crippen molar-refractivity contribution >= 4 is 23.3 Å². The van der Waals surface area contributed by atoms with Crippen LogP contribution < -0.4 is 5.32 Å². The highest BCUT2D eigenvalue weighted by atomic mass is 32.1. The van der Waals surface area contributed by atoms with Gasteiger partial charge in [-0.1, -0.05) is 6.07 Å². The van der Waals surface area contributed by atoms with Gasteiger partial charge in [0.25, 0.3) is 5.91 Å². The summed E-state index contributed by atoms with van der Waals surface area (Å²) in [7, 11) is 0. The molecule has 1 N–H and O–H groups in total. The molecule has 0 unspecified atom stereocenters. The van der Waals surface area contributed by atoms with Crippen LogP contribution in [0.25, 0.3) is 6.08 Å². The molecule has 2 heterocycles. The van der Waals surface area contributed by atoms with Crippen LogP contribution in [0.15, 0.2) is 46.1 Å². The highest BCUT2D eigenvalue weighted by molar-refractivity contribution is 7.09. The summed E-state index contributed by atoms with van der Waals surface area (Å²) in [6.07, 6.45) is 4.46. The van der Waals surface area contributed by atoms with E-state index in [0.717, 1.165) is 4.88 Å². The Balaban J connectivity index is 2.00. The van der Waals surface area contributed by atoms with Crippen molar-refractivity contribution in [3.8, 4) is 6.07 Å². The predicted molar refractivity (Wildman–Crippen MR) is 68.5 cm³/mol. The van der Waals surface area contributed by atoms with Crippen LogP contribution in [0.2, 0.25) is 0 Å². The molecule has 0 aliphatic heterocycles. The predicted octanol–water partition coefficient (Wildman–Crippen LogP) is 2.56. The summed E-state index contributed by atoms with van der Waals surface area (Å²) in [5.74, 6) is -0.382. The fourth-order valence-corrected chi connectivity index (χ4v) is 1.99. The van der Waals surface area contributed by atoms with Gasteiger partial charge in [-0.25, -0.2) is 0 Å². The highest BCUT2D eigenvalue weighted by Crippen LogP contribution is 2.09. The molecule has 0 atom stereocenters. The number of hydrogen-bond acceptors (Lipinski definition) is 4. The van der Waals surface area contributed by atoms with Crippen LogP contribution in [0.5, 0.6) is 0 Å². The molecule has 0 spiro atoms. The van der Waals surface area contributed by atoms with Crippen LogP contribution in [0.4, 0.5) is 0 Å². The Morgan fingerprint density at radius 3 is 3.06 bits per heavy atom. The lowest BCUT2D eigenvalue weighted by molar-refractivity contribution is -0.117. The minimum atomic E-state index is -0.382. The van der Waals surface area contributed by atoms with Crippen molar-refractivity contribution in [3.05, 3.63) is 52.1 Å². The number of furan rings is 1. The second-order valence-electron chi connectivity index (χ2n) is 3.49. The summed E-state index contributed by atoms with van der Waals surface area (Å²) in [6, 6.07) is 7.41. The topological polar surface area (TPSA) is 66.0 Å². The van der Waals surface area contributed by atoms with Crippen LogP contribution in [0.1, 0.15) is 10.4 Å². The Morgan fingerprint density at radius 1 is 1.56 bits per heavy atom. The monoisotopic (exact) mass is 258 g/mol. The van der Waals surface area contributed by atoms with E-state index in [1.165, 1.54) is 18.6 Å². The van der Waals surface area contributed by atoms with Gasteiger partial charge in [0.15, 0.2) is 0 Å². The summed E-state index contributed by atoms with van der Waals surface area (Å²) in [4.78, 5) is 12.8. The smallest absolute Gasteiger partial charge is 0.262 e. The van der Waals surface area contributed by atoms with E-state index in [0.29, 0.717) is 12.1 Å². The molecular formula is C13H10N2O2S. The average molecular weight is 258 g/mol. The number of rotatable bonds is 4. The molecule has 0 bridgehead atoms. The van der Waals surface area contributed by atoms with Gasteiger partial charge in [0.1, 0.15) is 11.6 Å². The van der Waals surface area contributed by atoms with Gasteiger partial charge in [0.2, 0.25) is 0 Å². The fraction of sp³-hybridized carbons (Fsp3) is 0.0769. The molecule has 2 aromatic rings. The molecule has 0 saturated heterocycles. The molecular weight excluding hydrogens is 248 g/mol. The van der Waals surface area contributed by atoms with Crippen molar-refractivity contribution in [2.45, 2.75) is 6.54 Å². The number of carbonyl (C=O) groups is 1. The Kier molecular flexibility index (Phi) is 3.94. The number of nitrogens with zero attached hydrogens (tertiary/aromatic N) is 1. The third-order valence-corrected chi connectivity index (χ3v) is 3.10. The van der Waals surface area contributed by atoms with Gasteiger partial charge in [0.05, 0.1) is 19.1 Å². The van der Waals surface area contributed by atoms with E-state index < -0.39 is 0 Å². The van der Waals surface area contributed by atoms with Crippen LogP contribution >= 0.6 is 11.3 Å². The third kappa shape index (κ3) is 3.09. The molecule has 1 amide bonds. The molecule has 18 heavy (non-hydrogen) atoms. The van der Waals surface area contributed by atoms with E-state index in [9.17, 15) is 4.79 Å². The molecule has 5 heteroatoms. The van der Waals surface area contributed by atoms with E-state index >= 15 is 0 Å². The fourth-order valence-electron chi connectivity index (χ4n) is 1.35. The summed E-state index contributed by atoms with van der Waals surface area (Å²) in [5, 5.41) is 13.6. The second kappa shape index (κ2) is 5.84. The van der Waals surface area contributed by atoms with E-state index in [-0.39, 0.29) is 11.5 Å². The van der Waals surface area contributed by atoms with E-state index in [1.807, 2.05) is 23.6 Å². The van der Waals surface area contributed by atoms with Crippen molar-refractivity contribution in [2.24, 2.45) is 0 Å². The van der Waals surface area contributed by atoms with E-state index in [4.69, 9.17) is 9.68 Å². The minimum absolute atomic E-state index is 0.0629. The Hall–Kier alpha value is -2.32. The lowest BCUT2D eigenvalue weighted by Crippen LogP contribution is -2.23. The zero-order valence-corrected chi connectivity index (χ0v) is 10.2. The van der Waals surface area contributed by atoms with Gasteiger partial charge >= 0.3 is 0 Å². The molecule has 0 radical (unpaired) electrons. The van der Waals surface area contributed by atoms with Gasteiger partial charge in [-0.05, 0) is 23.6 Å². The van der Waals surface area contributed by atoms with E-state index in [2.05, 4.69) is 5.32 Å². The highest BCUT2D eigenvalue weighted by Gasteiger charge is 2.09. The number of nitrogens with one attached hydrogen (secondary N) is 1. The SMILES string of the molecule is N#C/C(=C\c1ccoc1)C(=O)NCc1cccs1. The largest absolute Gasteiger partial charge is 0.472 e. The van der Waals surface area contributed by atoms with Crippen molar-refractivity contribution in [1.82, 2.24) is 5.32 Å².